The van der Waals surface area contributed by atoms with Crippen LogP contribution in [0.1, 0.15) is 19.4 Å². The first-order valence-electron chi connectivity index (χ1n) is 6.16. The van der Waals surface area contributed by atoms with Gasteiger partial charge in [0.15, 0.2) is 0 Å². The third-order valence-electron chi connectivity index (χ3n) is 2.72. The van der Waals surface area contributed by atoms with E-state index in [1.165, 1.54) is 0 Å². The molecule has 1 aromatic carbocycles. The topological polar surface area (TPSA) is 49.8 Å². The Morgan fingerprint density at radius 3 is 2.72 bits per heavy atom. The lowest BCUT2D eigenvalue weighted by Gasteiger charge is -2.20. The Labute approximate surface area is 108 Å². The molecule has 1 aromatic rings. The average Bonchev–Trinajstić information content (AvgIpc) is 2.31. The molecule has 4 heteroatoms. The molecule has 1 unspecified atom stereocenters. The summed E-state index contributed by atoms with van der Waals surface area (Å²) in [7, 11) is 1.92. The number of para-hydroxylation sites is 1. The summed E-state index contributed by atoms with van der Waals surface area (Å²) < 4.78 is 5.55. The maximum absolute atomic E-state index is 10.8. The van der Waals surface area contributed by atoms with Crippen LogP contribution >= 0.6 is 0 Å². The van der Waals surface area contributed by atoms with Crippen LogP contribution in [-0.4, -0.2) is 36.2 Å². The van der Waals surface area contributed by atoms with Crippen molar-refractivity contribution in [2.24, 2.45) is 5.92 Å². The third-order valence-corrected chi connectivity index (χ3v) is 2.72. The molecule has 4 nitrogen and oxygen atoms in total. The Morgan fingerprint density at radius 2 is 2.11 bits per heavy atom. The number of aliphatic carboxylic acids is 1. The minimum atomic E-state index is -0.764. The molecule has 0 aliphatic carbocycles. The van der Waals surface area contributed by atoms with Gasteiger partial charge in [0.05, 0.1) is 12.5 Å². The minimum Gasteiger partial charge on any atom is -0.494 e. The van der Waals surface area contributed by atoms with E-state index in [1.54, 1.807) is 6.92 Å². The lowest BCUT2D eigenvalue weighted by atomic mass is 10.1. The minimum absolute atomic E-state index is 0.366. The fourth-order valence-electron chi connectivity index (χ4n) is 1.83. The van der Waals surface area contributed by atoms with Crippen molar-refractivity contribution in [3.8, 4) is 5.75 Å². The van der Waals surface area contributed by atoms with Crippen molar-refractivity contribution in [3.05, 3.63) is 29.8 Å². The Kier molecular flexibility index (Phi) is 5.65. The molecule has 0 heterocycles. The van der Waals surface area contributed by atoms with Crippen LogP contribution in [0.25, 0.3) is 0 Å². The zero-order valence-electron chi connectivity index (χ0n) is 11.2. The molecule has 100 valence electrons. The highest BCUT2D eigenvalue weighted by Crippen LogP contribution is 2.19. The molecule has 1 atom stereocenters. The summed E-state index contributed by atoms with van der Waals surface area (Å²) in [5.41, 5.74) is 1.08. The molecule has 0 aliphatic heterocycles. The van der Waals surface area contributed by atoms with Crippen molar-refractivity contribution < 1.29 is 14.6 Å². The van der Waals surface area contributed by atoms with Crippen molar-refractivity contribution in [2.45, 2.75) is 20.4 Å². The molecule has 0 saturated carbocycles. The zero-order chi connectivity index (χ0) is 13.5. The first kappa shape index (κ1) is 14.5. The normalized spacial score (nSPS) is 12.4. The van der Waals surface area contributed by atoms with Gasteiger partial charge in [-0.1, -0.05) is 25.1 Å². The van der Waals surface area contributed by atoms with Crippen LogP contribution in [0.3, 0.4) is 0 Å². The highest BCUT2D eigenvalue weighted by atomic mass is 16.5. The second-order valence-corrected chi connectivity index (χ2v) is 4.48. The van der Waals surface area contributed by atoms with Crippen LogP contribution in [0.5, 0.6) is 5.75 Å². The standard InChI is InChI=1S/C14H21NO3/c1-4-18-13-8-6-5-7-12(13)10-15(3)9-11(2)14(16)17/h5-8,11H,4,9-10H2,1-3H3,(H,16,17). The number of hydrogen-bond acceptors (Lipinski definition) is 3. The maximum atomic E-state index is 10.8. The van der Waals surface area contributed by atoms with E-state index in [0.29, 0.717) is 19.7 Å². The fourth-order valence-corrected chi connectivity index (χ4v) is 1.83. The predicted molar refractivity (Wildman–Crippen MR) is 70.7 cm³/mol. The van der Waals surface area contributed by atoms with Gasteiger partial charge in [-0.2, -0.15) is 0 Å². The number of ether oxygens (including phenoxy) is 1. The number of nitrogens with zero attached hydrogens (tertiary/aromatic N) is 1. The van der Waals surface area contributed by atoms with Gasteiger partial charge in [0.2, 0.25) is 0 Å². The third kappa shape index (κ3) is 4.37. The second kappa shape index (κ2) is 7.01. The molecule has 1 N–H and O–H groups in total. The van der Waals surface area contributed by atoms with E-state index in [2.05, 4.69) is 0 Å². The lowest BCUT2D eigenvalue weighted by Crippen LogP contribution is -2.28. The molecule has 18 heavy (non-hydrogen) atoms. The van der Waals surface area contributed by atoms with Gasteiger partial charge in [0, 0.05) is 18.7 Å². The van der Waals surface area contributed by atoms with Gasteiger partial charge in [-0.25, -0.2) is 0 Å². The van der Waals surface area contributed by atoms with E-state index in [-0.39, 0.29) is 5.92 Å². The first-order chi connectivity index (χ1) is 8.54. The Hall–Kier alpha value is -1.55. The molecule has 0 amide bonds. The molecule has 0 bridgehead atoms. The number of carboxylic acid groups (broad SMARTS) is 1. The van der Waals surface area contributed by atoms with Crippen LogP contribution in [0.15, 0.2) is 24.3 Å². The maximum Gasteiger partial charge on any atom is 0.307 e. The van der Waals surface area contributed by atoms with Crippen LogP contribution in [0.4, 0.5) is 0 Å². The van der Waals surface area contributed by atoms with E-state index in [4.69, 9.17) is 9.84 Å². The summed E-state index contributed by atoms with van der Waals surface area (Å²) >= 11 is 0. The van der Waals surface area contributed by atoms with Crippen LogP contribution in [0.2, 0.25) is 0 Å². The number of carboxylic acids is 1. The van der Waals surface area contributed by atoms with E-state index in [0.717, 1.165) is 11.3 Å². The van der Waals surface area contributed by atoms with E-state index < -0.39 is 5.97 Å². The van der Waals surface area contributed by atoms with Gasteiger partial charge >= 0.3 is 5.97 Å². The van der Waals surface area contributed by atoms with Gasteiger partial charge in [-0.3, -0.25) is 4.79 Å². The smallest absolute Gasteiger partial charge is 0.307 e. The van der Waals surface area contributed by atoms with Crippen molar-refractivity contribution in [1.82, 2.24) is 4.90 Å². The molecule has 1 rings (SSSR count). The van der Waals surface area contributed by atoms with Gasteiger partial charge in [0.1, 0.15) is 5.75 Å². The fraction of sp³-hybridized carbons (Fsp3) is 0.500. The molecule has 0 aliphatic rings. The van der Waals surface area contributed by atoms with Crippen molar-refractivity contribution in [3.63, 3.8) is 0 Å². The van der Waals surface area contributed by atoms with Crippen molar-refractivity contribution in [1.29, 1.82) is 0 Å². The van der Waals surface area contributed by atoms with Crippen molar-refractivity contribution >= 4 is 5.97 Å². The summed E-state index contributed by atoms with van der Waals surface area (Å²) in [6, 6.07) is 7.85. The SMILES string of the molecule is CCOc1ccccc1CN(C)CC(C)C(=O)O. The summed E-state index contributed by atoms with van der Waals surface area (Å²) in [4.78, 5) is 12.8. The largest absolute Gasteiger partial charge is 0.494 e. The van der Waals surface area contributed by atoms with E-state index in [9.17, 15) is 4.79 Å². The molecule has 0 spiro atoms. The van der Waals surface area contributed by atoms with Crippen LogP contribution in [0, 0.1) is 5.92 Å². The monoisotopic (exact) mass is 251 g/mol. The first-order valence-corrected chi connectivity index (χ1v) is 6.16. The summed E-state index contributed by atoms with van der Waals surface area (Å²) in [5.74, 6) is -0.260. The molecular weight excluding hydrogens is 230 g/mol. The van der Waals surface area contributed by atoms with Gasteiger partial charge < -0.3 is 14.7 Å². The molecule has 0 fully saturated rings. The number of hydrogen-bond donors (Lipinski definition) is 1. The highest BCUT2D eigenvalue weighted by molar-refractivity contribution is 5.69. The van der Waals surface area contributed by atoms with E-state index in [1.807, 2.05) is 43.1 Å². The van der Waals surface area contributed by atoms with Crippen molar-refractivity contribution in [2.75, 3.05) is 20.2 Å². The van der Waals surface area contributed by atoms with Gasteiger partial charge in [-0.05, 0) is 20.0 Å². The highest BCUT2D eigenvalue weighted by Gasteiger charge is 2.14. The Morgan fingerprint density at radius 1 is 1.44 bits per heavy atom. The van der Waals surface area contributed by atoms with Gasteiger partial charge in [0.25, 0.3) is 0 Å². The number of benzene rings is 1. The molecule has 0 aromatic heterocycles. The summed E-state index contributed by atoms with van der Waals surface area (Å²) in [6.45, 7) is 5.51. The zero-order valence-corrected chi connectivity index (χ0v) is 11.2. The molecule has 0 saturated heterocycles. The number of rotatable bonds is 7. The Balaban J connectivity index is 2.63. The lowest BCUT2D eigenvalue weighted by molar-refractivity contribution is -0.141. The predicted octanol–water partition coefficient (Wildman–Crippen LogP) is 2.24. The summed E-state index contributed by atoms with van der Waals surface area (Å²) in [5, 5.41) is 8.88. The van der Waals surface area contributed by atoms with Gasteiger partial charge in [-0.15, -0.1) is 0 Å². The Bertz CT molecular complexity index is 392. The quantitative estimate of drug-likeness (QED) is 0.807. The molecular formula is C14H21NO3. The molecule has 0 radical (unpaired) electrons. The number of carbonyl (C=O) groups is 1. The van der Waals surface area contributed by atoms with Crippen LogP contribution < -0.4 is 4.74 Å². The second-order valence-electron chi connectivity index (χ2n) is 4.48. The van der Waals surface area contributed by atoms with Crippen LogP contribution in [-0.2, 0) is 11.3 Å². The average molecular weight is 251 g/mol. The van der Waals surface area contributed by atoms with E-state index >= 15 is 0 Å². The summed E-state index contributed by atoms with van der Waals surface area (Å²) in [6.07, 6.45) is 0.